The first-order valence-electron chi connectivity index (χ1n) is 7.68. The molecule has 0 aliphatic carbocycles. The zero-order valence-electron chi connectivity index (χ0n) is 12.9. The van der Waals surface area contributed by atoms with Gasteiger partial charge >= 0.3 is 5.97 Å². The molecule has 0 saturated carbocycles. The minimum atomic E-state index is -0.505. The van der Waals surface area contributed by atoms with Gasteiger partial charge in [0.1, 0.15) is 17.2 Å². The van der Waals surface area contributed by atoms with Crippen LogP contribution in [0.1, 0.15) is 35.7 Å². The predicted molar refractivity (Wildman–Crippen MR) is 85.8 cm³/mol. The van der Waals surface area contributed by atoms with Crippen LogP contribution in [0.15, 0.2) is 29.2 Å². The van der Waals surface area contributed by atoms with Crippen LogP contribution in [0.4, 0.5) is 5.69 Å². The number of carbonyl (C=O) groups is 1. The van der Waals surface area contributed by atoms with Crippen molar-refractivity contribution < 1.29 is 9.53 Å². The van der Waals surface area contributed by atoms with Gasteiger partial charge in [-0.1, -0.05) is 6.07 Å². The summed E-state index contributed by atoms with van der Waals surface area (Å²) in [7, 11) is 0. The monoisotopic (exact) mass is 311 g/mol. The fraction of sp³-hybridized carbons (Fsp3) is 0.353. The van der Waals surface area contributed by atoms with Gasteiger partial charge < -0.3 is 9.64 Å². The standard InChI is InChI=1S/C17H17N3O3/c1-2-23-17(22)14-13-7-3-4-10-20(13)16(21)12(11-18)15(14)19-8-5-6-9-19/h3-4,7,10H,2,5-6,8-9H2,1H3. The van der Waals surface area contributed by atoms with Gasteiger partial charge in [0.05, 0.1) is 17.8 Å². The van der Waals surface area contributed by atoms with E-state index in [0.29, 0.717) is 16.8 Å². The third kappa shape index (κ3) is 2.44. The Morgan fingerprint density at radius 1 is 1.35 bits per heavy atom. The molecule has 0 radical (unpaired) electrons. The van der Waals surface area contributed by atoms with Gasteiger partial charge in [-0.3, -0.25) is 9.20 Å². The Hall–Kier alpha value is -2.81. The molecule has 0 amide bonds. The van der Waals surface area contributed by atoms with Crippen LogP contribution in [0.3, 0.4) is 0 Å². The van der Waals surface area contributed by atoms with Crippen LogP contribution >= 0.6 is 0 Å². The second kappa shape index (κ2) is 6.13. The molecule has 2 aromatic rings. The zero-order valence-corrected chi connectivity index (χ0v) is 12.9. The number of pyridine rings is 2. The highest BCUT2D eigenvalue weighted by atomic mass is 16.5. The number of anilines is 1. The zero-order chi connectivity index (χ0) is 16.4. The van der Waals surface area contributed by atoms with E-state index in [0.717, 1.165) is 25.9 Å². The Kier molecular flexibility index (Phi) is 4.02. The minimum Gasteiger partial charge on any atom is -0.462 e. The maximum atomic E-state index is 12.6. The molecule has 3 rings (SSSR count). The van der Waals surface area contributed by atoms with E-state index in [9.17, 15) is 14.9 Å². The van der Waals surface area contributed by atoms with Gasteiger partial charge in [0.15, 0.2) is 0 Å². The van der Waals surface area contributed by atoms with Crippen molar-refractivity contribution in [2.75, 3.05) is 24.6 Å². The maximum Gasteiger partial charge on any atom is 0.342 e. The number of ether oxygens (including phenoxy) is 1. The van der Waals surface area contributed by atoms with E-state index in [1.165, 1.54) is 4.40 Å². The lowest BCUT2D eigenvalue weighted by Crippen LogP contribution is -2.29. The Bertz CT molecular complexity index is 858. The number of carbonyl (C=O) groups excluding carboxylic acids is 1. The lowest BCUT2D eigenvalue weighted by atomic mass is 10.1. The van der Waals surface area contributed by atoms with Crippen molar-refractivity contribution in [2.24, 2.45) is 0 Å². The minimum absolute atomic E-state index is 0.00125. The molecule has 1 fully saturated rings. The van der Waals surface area contributed by atoms with Crippen molar-refractivity contribution >= 4 is 17.2 Å². The molecular formula is C17H17N3O3. The average molecular weight is 311 g/mol. The summed E-state index contributed by atoms with van der Waals surface area (Å²) < 4.78 is 6.52. The molecule has 6 heteroatoms. The van der Waals surface area contributed by atoms with E-state index in [-0.39, 0.29) is 12.2 Å². The predicted octanol–water partition coefficient (Wildman–Crippen LogP) is 1.95. The smallest absolute Gasteiger partial charge is 0.342 e. The molecular weight excluding hydrogens is 294 g/mol. The molecule has 1 aliphatic rings. The van der Waals surface area contributed by atoms with E-state index in [4.69, 9.17) is 4.74 Å². The molecule has 0 N–H and O–H groups in total. The number of hydrogen-bond donors (Lipinski definition) is 0. The van der Waals surface area contributed by atoms with E-state index < -0.39 is 11.5 Å². The van der Waals surface area contributed by atoms with Crippen LogP contribution in [0.25, 0.3) is 5.52 Å². The Morgan fingerprint density at radius 3 is 2.74 bits per heavy atom. The largest absolute Gasteiger partial charge is 0.462 e. The number of aromatic nitrogens is 1. The summed E-state index contributed by atoms with van der Waals surface area (Å²) in [5.41, 5.74) is 0.777. The quantitative estimate of drug-likeness (QED) is 0.810. The number of nitrogens with zero attached hydrogens (tertiary/aromatic N) is 3. The molecule has 1 saturated heterocycles. The van der Waals surface area contributed by atoms with Crippen molar-refractivity contribution in [3.63, 3.8) is 0 Å². The molecule has 23 heavy (non-hydrogen) atoms. The van der Waals surface area contributed by atoms with Crippen LogP contribution in [-0.2, 0) is 4.74 Å². The van der Waals surface area contributed by atoms with E-state index in [1.54, 1.807) is 31.3 Å². The molecule has 0 aromatic carbocycles. The summed E-state index contributed by atoms with van der Waals surface area (Å²) in [6.45, 7) is 3.42. The van der Waals surface area contributed by atoms with Crippen molar-refractivity contribution in [3.8, 4) is 6.07 Å². The molecule has 0 unspecified atom stereocenters. The number of fused-ring (bicyclic) bond motifs is 1. The fourth-order valence-electron chi connectivity index (χ4n) is 3.05. The average Bonchev–Trinajstić information content (AvgIpc) is 3.09. The Balaban J connectivity index is 2.41. The molecule has 0 bridgehead atoms. The second-order valence-electron chi connectivity index (χ2n) is 5.39. The van der Waals surface area contributed by atoms with Crippen LogP contribution in [0.2, 0.25) is 0 Å². The SMILES string of the molecule is CCOC(=O)c1c(N2CCCC2)c(C#N)c(=O)n2ccccc12. The van der Waals surface area contributed by atoms with E-state index in [2.05, 4.69) is 0 Å². The highest BCUT2D eigenvalue weighted by molar-refractivity contribution is 6.04. The van der Waals surface area contributed by atoms with Crippen molar-refractivity contribution in [3.05, 3.63) is 45.9 Å². The first kappa shape index (κ1) is 15.1. The fourth-order valence-corrected chi connectivity index (χ4v) is 3.05. The third-order valence-electron chi connectivity index (χ3n) is 4.04. The number of nitriles is 1. The van der Waals surface area contributed by atoms with Gasteiger partial charge in [0.2, 0.25) is 0 Å². The van der Waals surface area contributed by atoms with Gasteiger partial charge in [0.25, 0.3) is 5.56 Å². The first-order valence-corrected chi connectivity index (χ1v) is 7.68. The van der Waals surface area contributed by atoms with Crippen molar-refractivity contribution in [1.29, 1.82) is 5.26 Å². The summed E-state index contributed by atoms with van der Waals surface area (Å²) in [5.74, 6) is -0.505. The number of rotatable bonds is 3. The van der Waals surface area contributed by atoms with E-state index in [1.807, 2.05) is 11.0 Å². The van der Waals surface area contributed by atoms with Crippen molar-refractivity contribution in [2.45, 2.75) is 19.8 Å². The van der Waals surface area contributed by atoms with Crippen molar-refractivity contribution in [1.82, 2.24) is 4.40 Å². The summed E-state index contributed by atoms with van der Waals surface area (Å²) in [6, 6.07) is 7.15. The van der Waals surface area contributed by atoms with Gasteiger partial charge in [-0.25, -0.2) is 4.79 Å². The van der Waals surface area contributed by atoms with E-state index >= 15 is 0 Å². The molecule has 0 spiro atoms. The van der Waals surface area contributed by atoms with Gasteiger partial charge in [-0.05, 0) is 31.9 Å². The number of hydrogen-bond acceptors (Lipinski definition) is 5. The normalized spacial score (nSPS) is 14.0. The summed E-state index contributed by atoms with van der Waals surface area (Å²) in [4.78, 5) is 27.1. The molecule has 0 atom stereocenters. The lowest BCUT2D eigenvalue weighted by Gasteiger charge is -2.23. The molecule has 6 nitrogen and oxygen atoms in total. The van der Waals surface area contributed by atoms with Crippen LogP contribution in [0, 0.1) is 11.3 Å². The van der Waals surface area contributed by atoms with Crippen LogP contribution in [-0.4, -0.2) is 30.1 Å². The topological polar surface area (TPSA) is 74.8 Å². The lowest BCUT2D eigenvalue weighted by molar-refractivity contribution is 0.0529. The molecule has 1 aliphatic heterocycles. The highest BCUT2D eigenvalue weighted by Gasteiger charge is 2.28. The number of esters is 1. The summed E-state index contributed by atoms with van der Waals surface area (Å²) in [6.07, 6.45) is 3.51. The molecule has 2 aromatic heterocycles. The highest BCUT2D eigenvalue weighted by Crippen LogP contribution is 2.30. The van der Waals surface area contributed by atoms with Gasteiger partial charge in [-0.2, -0.15) is 5.26 Å². The first-order chi connectivity index (χ1) is 11.2. The van der Waals surface area contributed by atoms with Gasteiger partial charge in [-0.15, -0.1) is 0 Å². The molecule has 118 valence electrons. The maximum absolute atomic E-state index is 12.6. The second-order valence-corrected chi connectivity index (χ2v) is 5.39. The van der Waals surface area contributed by atoms with Gasteiger partial charge in [0, 0.05) is 19.3 Å². The Labute approximate surface area is 133 Å². The third-order valence-corrected chi connectivity index (χ3v) is 4.04. The summed E-state index contributed by atoms with van der Waals surface area (Å²) >= 11 is 0. The van der Waals surface area contributed by atoms with Crippen LogP contribution < -0.4 is 10.5 Å². The van der Waals surface area contributed by atoms with Crippen LogP contribution in [0.5, 0.6) is 0 Å². The Morgan fingerprint density at radius 2 is 2.09 bits per heavy atom. The summed E-state index contributed by atoms with van der Waals surface area (Å²) in [5, 5.41) is 9.51. The molecule has 3 heterocycles.